The van der Waals surface area contributed by atoms with Crippen molar-refractivity contribution in [1.29, 1.82) is 0 Å². The summed E-state index contributed by atoms with van der Waals surface area (Å²) in [5, 5.41) is 13.9. The highest BCUT2D eigenvalue weighted by Crippen LogP contribution is 2.50. The average Bonchev–Trinajstić information content (AvgIpc) is 2.88. The fourth-order valence-corrected chi connectivity index (χ4v) is 4.97. The fraction of sp³-hybridized carbons (Fsp3) is 0.647. The molecule has 0 spiro atoms. The molecule has 2 rings (SSSR count). The van der Waals surface area contributed by atoms with Crippen LogP contribution in [0.25, 0.3) is 0 Å². The summed E-state index contributed by atoms with van der Waals surface area (Å²) in [5.41, 5.74) is 0. The van der Waals surface area contributed by atoms with Gasteiger partial charge >= 0.3 is 12.1 Å². The molecular weight excluding hydrogens is 481 g/mol. The molecule has 4 atom stereocenters. The summed E-state index contributed by atoms with van der Waals surface area (Å²) in [5.74, 6) is -2.24. The Kier molecular flexibility index (Phi) is 7.82. The maximum absolute atomic E-state index is 12.7. The molecule has 168 valence electrons. The van der Waals surface area contributed by atoms with E-state index >= 15 is 0 Å². The number of thioether (sulfide) groups is 1. The number of nitrogens with one attached hydrogen (secondary N) is 2. The molecule has 2 aliphatic heterocycles. The molecule has 2 saturated heterocycles. The first-order valence-corrected chi connectivity index (χ1v) is 11.0. The molecule has 13 heteroatoms. The molecule has 9 nitrogen and oxygen atoms in total. The van der Waals surface area contributed by atoms with E-state index in [1.165, 1.54) is 22.7 Å². The third-order valence-corrected chi connectivity index (χ3v) is 6.36. The van der Waals surface area contributed by atoms with Gasteiger partial charge in [0.1, 0.15) is 30.1 Å². The Bertz CT molecular complexity index is 758. The Balaban J connectivity index is 2.04. The van der Waals surface area contributed by atoms with Gasteiger partial charge in [-0.25, -0.2) is 9.59 Å². The number of alkyl halides is 3. The Morgan fingerprint density at radius 2 is 2.00 bits per heavy atom. The van der Waals surface area contributed by atoms with Crippen molar-refractivity contribution in [2.45, 2.75) is 59.2 Å². The Labute approximate surface area is 192 Å². The number of amides is 3. The van der Waals surface area contributed by atoms with Crippen LogP contribution in [0, 0.1) is 0 Å². The van der Waals surface area contributed by atoms with E-state index in [-0.39, 0.29) is 0 Å². The minimum Gasteiger partial charge on any atom is -0.480 e. The maximum atomic E-state index is 12.7. The molecule has 0 radical (unpaired) electrons. The lowest BCUT2D eigenvalue weighted by Crippen LogP contribution is -2.71. The minimum absolute atomic E-state index is 0.490. The summed E-state index contributed by atoms with van der Waals surface area (Å²) in [6.45, 7) is 4.78. The van der Waals surface area contributed by atoms with Gasteiger partial charge in [-0.05, 0) is 20.3 Å². The molecular formula is C17H22Cl3N3O6S. The summed E-state index contributed by atoms with van der Waals surface area (Å²) < 4.78 is 2.25. The van der Waals surface area contributed by atoms with Crippen LogP contribution >= 0.6 is 46.6 Å². The number of carboxylic acid groups (broad SMARTS) is 1. The zero-order valence-electron chi connectivity index (χ0n) is 16.4. The van der Waals surface area contributed by atoms with Crippen molar-refractivity contribution in [1.82, 2.24) is 15.5 Å². The van der Waals surface area contributed by atoms with Crippen LogP contribution < -0.4 is 10.6 Å². The number of carbonyl (C=O) groups is 4. The summed E-state index contributed by atoms with van der Waals surface area (Å²) >= 11 is 17.9. The van der Waals surface area contributed by atoms with E-state index in [0.29, 0.717) is 6.42 Å². The molecule has 3 N–H and O–H groups in total. The van der Waals surface area contributed by atoms with Gasteiger partial charge in [0, 0.05) is 4.75 Å². The Morgan fingerprint density at radius 3 is 2.53 bits per heavy atom. The molecule has 2 heterocycles. The molecule has 2 aliphatic rings. The Morgan fingerprint density at radius 1 is 1.37 bits per heavy atom. The van der Waals surface area contributed by atoms with Crippen molar-refractivity contribution < 1.29 is 29.0 Å². The lowest BCUT2D eigenvalue weighted by atomic mass is 9.96. The second-order valence-corrected chi connectivity index (χ2v) is 11.5. The predicted molar refractivity (Wildman–Crippen MR) is 114 cm³/mol. The van der Waals surface area contributed by atoms with E-state index in [0.717, 1.165) is 0 Å². The van der Waals surface area contributed by atoms with Gasteiger partial charge in [-0.2, -0.15) is 0 Å². The van der Waals surface area contributed by atoms with Crippen molar-refractivity contribution in [2.24, 2.45) is 0 Å². The number of hydrogen-bond acceptors (Lipinski definition) is 6. The standard InChI is InChI=1S/C17H22Cl3N3O6S/c1-4-5-6-8(21-15(28)29-7-17(18,19)20)11(24)22-9-12(25)23-10(14(26)27)16(2,3)30-13(9)23/h5-6,8-10,13H,4,7H2,1-3H3,(H,21,28)(H,22,24)(H,26,27)/b6-5+/t8?,9-,10+,13-/m1/s1. The molecule has 0 bridgehead atoms. The van der Waals surface area contributed by atoms with Crippen molar-refractivity contribution in [3.63, 3.8) is 0 Å². The number of allylic oxidation sites excluding steroid dienone is 1. The molecule has 0 aromatic carbocycles. The number of alkyl carbamates (subject to hydrolysis) is 1. The first-order valence-electron chi connectivity index (χ1n) is 8.98. The smallest absolute Gasteiger partial charge is 0.408 e. The van der Waals surface area contributed by atoms with Gasteiger partial charge in [-0.15, -0.1) is 11.8 Å². The number of β-lactam (4-membered cyclic amide) rings is 1. The zero-order valence-corrected chi connectivity index (χ0v) is 19.4. The highest BCUT2D eigenvalue weighted by molar-refractivity contribution is 8.01. The van der Waals surface area contributed by atoms with Crippen LogP contribution in [0.1, 0.15) is 27.2 Å². The summed E-state index contributed by atoms with van der Waals surface area (Å²) in [6, 6.07) is -3.02. The third-order valence-electron chi connectivity index (χ3n) is 4.46. The molecule has 0 aromatic heterocycles. The normalized spacial score (nSPS) is 26.0. The van der Waals surface area contributed by atoms with Crippen LogP contribution in [0.4, 0.5) is 4.79 Å². The second-order valence-electron chi connectivity index (χ2n) is 7.23. The number of halogens is 3. The monoisotopic (exact) mass is 501 g/mol. The van der Waals surface area contributed by atoms with Crippen LogP contribution in [-0.4, -0.2) is 72.5 Å². The van der Waals surface area contributed by atoms with Gasteiger partial charge in [-0.1, -0.05) is 53.9 Å². The van der Waals surface area contributed by atoms with Gasteiger partial charge in [0.05, 0.1) is 0 Å². The van der Waals surface area contributed by atoms with Crippen LogP contribution in [0.2, 0.25) is 0 Å². The summed E-state index contributed by atoms with van der Waals surface area (Å²) in [7, 11) is 0. The first kappa shape index (κ1) is 24.9. The average molecular weight is 503 g/mol. The lowest BCUT2D eigenvalue weighted by molar-refractivity contribution is -0.161. The predicted octanol–water partition coefficient (Wildman–Crippen LogP) is 2.05. The topological polar surface area (TPSA) is 125 Å². The van der Waals surface area contributed by atoms with E-state index in [1.807, 2.05) is 6.92 Å². The molecule has 0 aliphatic carbocycles. The zero-order chi connectivity index (χ0) is 22.9. The van der Waals surface area contributed by atoms with Crippen molar-refractivity contribution in [3.8, 4) is 0 Å². The number of nitrogens with zero attached hydrogens (tertiary/aromatic N) is 1. The minimum atomic E-state index is -1.80. The van der Waals surface area contributed by atoms with E-state index in [1.54, 1.807) is 19.9 Å². The van der Waals surface area contributed by atoms with Crippen LogP contribution in [-0.2, 0) is 19.1 Å². The number of aliphatic carboxylic acids is 1. The van der Waals surface area contributed by atoms with Gasteiger partial charge in [-0.3, -0.25) is 9.59 Å². The number of fused-ring (bicyclic) bond motifs is 1. The SMILES string of the molecule is CC/C=C/C(NC(=O)OCC(Cl)(Cl)Cl)C(=O)N[C@@H]1C(=O)N2[C@@H]1SC(C)(C)[C@@H]2C(=O)O. The third kappa shape index (κ3) is 5.66. The molecule has 0 aromatic rings. The van der Waals surface area contributed by atoms with Crippen molar-refractivity contribution >= 4 is 70.4 Å². The second kappa shape index (κ2) is 9.42. The van der Waals surface area contributed by atoms with E-state index in [4.69, 9.17) is 39.5 Å². The number of hydrogen-bond donors (Lipinski definition) is 3. The molecule has 0 saturated carbocycles. The Hall–Kier alpha value is -1.36. The van der Waals surface area contributed by atoms with Gasteiger partial charge < -0.3 is 25.4 Å². The summed E-state index contributed by atoms with van der Waals surface area (Å²) in [6.07, 6.45) is 2.71. The van der Waals surface area contributed by atoms with E-state index in [2.05, 4.69) is 10.6 Å². The summed E-state index contributed by atoms with van der Waals surface area (Å²) in [4.78, 5) is 50.0. The van der Waals surface area contributed by atoms with Crippen LogP contribution in [0.3, 0.4) is 0 Å². The number of carboxylic acids is 1. The molecule has 3 amide bonds. The van der Waals surface area contributed by atoms with Crippen molar-refractivity contribution in [2.75, 3.05) is 6.61 Å². The first-order chi connectivity index (χ1) is 13.8. The van der Waals surface area contributed by atoms with E-state index in [9.17, 15) is 24.3 Å². The van der Waals surface area contributed by atoms with E-state index < -0.39 is 62.5 Å². The van der Waals surface area contributed by atoms with Crippen LogP contribution in [0.5, 0.6) is 0 Å². The molecule has 1 unspecified atom stereocenters. The molecule has 30 heavy (non-hydrogen) atoms. The number of rotatable bonds is 7. The fourth-order valence-electron chi connectivity index (χ4n) is 3.18. The van der Waals surface area contributed by atoms with Gasteiger partial charge in [0.25, 0.3) is 0 Å². The lowest BCUT2D eigenvalue weighted by Gasteiger charge is -2.43. The number of ether oxygens (including phenoxy) is 1. The highest BCUT2D eigenvalue weighted by Gasteiger charge is 2.64. The molecule has 2 fully saturated rings. The van der Waals surface area contributed by atoms with Crippen LogP contribution in [0.15, 0.2) is 12.2 Å². The highest BCUT2D eigenvalue weighted by atomic mass is 35.6. The van der Waals surface area contributed by atoms with Crippen molar-refractivity contribution in [3.05, 3.63) is 12.2 Å². The quantitative estimate of drug-likeness (QED) is 0.276. The number of carbonyl (C=O) groups excluding carboxylic acids is 3. The van der Waals surface area contributed by atoms with Gasteiger partial charge in [0.15, 0.2) is 0 Å². The maximum Gasteiger partial charge on any atom is 0.408 e. The largest absolute Gasteiger partial charge is 0.480 e. The van der Waals surface area contributed by atoms with Gasteiger partial charge in [0.2, 0.25) is 15.6 Å².